The van der Waals surface area contributed by atoms with Crippen LogP contribution in [0.25, 0.3) is 0 Å². The minimum Gasteiger partial charge on any atom is -0.387 e. The Hall–Kier alpha value is -1.39. The molecule has 1 aromatic heterocycles. The number of rotatable bonds is 3. The molecule has 1 saturated carbocycles. The van der Waals surface area contributed by atoms with Gasteiger partial charge in [-0.3, -0.25) is 0 Å². The first-order valence-electron chi connectivity index (χ1n) is 7.48. The molecule has 0 saturated heterocycles. The molecule has 1 aliphatic rings. The monoisotopic (exact) mass is 305 g/mol. The Kier molecular flexibility index (Phi) is 4.27. The van der Waals surface area contributed by atoms with Crippen molar-refractivity contribution in [1.29, 1.82) is 0 Å². The maximum Gasteiger partial charge on any atom is 0.137 e. The van der Waals surface area contributed by atoms with Gasteiger partial charge in [-0.15, -0.1) is 0 Å². The third-order valence-electron chi connectivity index (χ3n) is 4.39. The van der Waals surface area contributed by atoms with Gasteiger partial charge in [0.15, 0.2) is 0 Å². The molecule has 112 valence electrons. The Balaban J connectivity index is 1.88. The Morgan fingerprint density at radius 1 is 1.24 bits per heavy atom. The molecule has 0 radical (unpaired) electrons. The largest absolute Gasteiger partial charge is 0.387 e. The number of aromatic nitrogens is 3. The number of hydrogen-bond donors (Lipinski definition) is 1. The molecule has 3 rings (SSSR count). The minimum absolute atomic E-state index is 0.0156. The van der Waals surface area contributed by atoms with Gasteiger partial charge in [-0.1, -0.05) is 43.0 Å². The first-order valence-corrected chi connectivity index (χ1v) is 7.86. The number of nitrogens with zero attached hydrogens (tertiary/aromatic N) is 3. The topological polar surface area (TPSA) is 50.9 Å². The van der Waals surface area contributed by atoms with Crippen LogP contribution in [0.15, 0.2) is 36.9 Å². The summed E-state index contributed by atoms with van der Waals surface area (Å²) in [4.78, 5) is 4.04. The van der Waals surface area contributed by atoms with E-state index in [4.69, 9.17) is 11.6 Å². The van der Waals surface area contributed by atoms with Crippen molar-refractivity contribution in [3.8, 4) is 0 Å². The number of halogens is 1. The van der Waals surface area contributed by atoms with Gasteiger partial charge in [-0.25, -0.2) is 9.67 Å². The van der Waals surface area contributed by atoms with Crippen LogP contribution in [-0.2, 0) is 6.42 Å². The van der Waals surface area contributed by atoms with E-state index in [1.807, 2.05) is 28.9 Å². The molecule has 0 spiro atoms. The summed E-state index contributed by atoms with van der Waals surface area (Å²) in [6.45, 7) is 0. The zero-order chi connectivity index (χ0) is 14.7. The average Bonchev–Trinajstić information content (AvgIpc) is 2.92. The summed E-state index contributed by atoms with van der Waals surface area (Å²) in [6, 6.07) is 7.72. The summed E-state index contributed by atoms with van der Waals surface area (Å²) >= 11 is 5.94. The quantitative estimate of drug-likeness (QED) is 0.884. The fourth-order valence-corrected chi connectivity index (χ4v) is 3.43. The fourth-order valence-electron chi connectivity index (χ4n) is 3.30. The van der Waals surface area contributed by atoms with Crippen molar-refractivity contribution in [1.82, 2.24) is 14.8 Å². The fraction of sp³-hybridized carbons (Fsp3) is 0.500. The molecule has 1 N–H and O–H groups in total. The third kappa shape index (κ3) is 3.27. The zero-order valence-electron chi connectivity index (χ0n) is 12.0. The molecule has 1 fully saturated rings. The van der Waals surface area contributed by atoms with Gasteiger partial charge in [0.1, 0.15) is 12.7 Å². The smallest absolute Gasteiger partial charge is 0.137 e. The van der Waals surface area contributed by atoms with Gasteiger partial charge in [0, 0.05) is 11.4 Å². The van der Waals surface area contributed by atoms with Gasteiger partial charge < -0.3 is 5.11 Å². The van der Waals surface area contributed by atoms with Crippen LogP contribution in [0.2, 0.25) is 5.02 Å². The predicted octanol–water partition coefficient (Wildman–Crippen LogP) is 3.41. The lowest BCUT2D eigenvalue weighted by Crippen LogP contribution is -2.41. The molecular formula is C16H20ClN3O. The standard InChI is InChI=1S/C16H20ClN3O/c17-14-7-5-13(6-8-14)10-16(21)9-3-1-2-4-15(16)20-12-18-11-19-20/h5-8,11-12,15,21H,1-4,9-10H2. The van der Waals surface area contributed by atoms with Crippen molar-refractivity contribution in [2.75, 3.05) is 0 Å². The summed E-state index contributed by atoms with van der Waals surface area (Å²) < 4.78 is 1.82. The molecule has 21 heavy (non-hydrogen) atoms. The Morgan fingerprint density at radius 3 is 2.76 bits per heavy atom. The summed E-state index contributed by atoms with van der Waals surface area (Å²) in [5.74, 6) is 0. The Labute approximate surface area is 129 Å². The molecule has 0 amide bonds. The van der Waals surface area contributed by atoms with Gasteiger partial charge in [-0.05, 0) is 30.5 Å². The highest BCUT2D eigenvalue weighted by Gasteiger charge is 2.39. The SMILES string of the molecule is OC1(Cc2ccc(Cl)cc2)CCCCCC1n1cncn1. The maximum absolute atomic E-state index is 11.3. The highest BCUT2D eigenvalue weighted by Crippen LogP contribution is 2.38. The predicted molar refractivity (Wildman–Crippen MR) is 82.2 cm³/mol. The maximum atomic E-state index is 11.3. The summed E-state index contributed by atoms with van der Waals surface area (Å²) in [5.41, 5.74) is 0.326. The highest BCUT2D eigenvalue weighted by molar-refractivity contribution is 6.30. The molecular weight excluding hydrogens is 286 g/mol. The number of aliphatic hydroxyl groups is 1. The van der Waals surface area contributed by atoms with E-state index in [-0.39, 0.29) is 6.04 Å². The van der Waals surface area contributed by atoms with E-state index in [9.17, 15) is 5.11 Å². The molecule has 2 atom stereocenters. The molecule has 2 unspecified atom stereocenters. The average molecular weight is 306 g/mol. The van der Waals surface area contributed by atoms with E-state index < -0.39 is 5.60 Å². The second-order valence-electron chi connectivity index (χ2n) is 5.90. The third-order valence-corrected chi connectivity index (χ3v) is 4.64. The van der Waals surface area contributed by atoms with Crippen LogP contribution in [0.3, 0.4) is 0 Å². The van der Waals surface area contributed by atoms with E-state index in [1.54, 1.807) is 6.33 Å². The van der Waals surface area contributed by atoms with Crippen LogP contribution in [0, 0.1) is 0 Å². The number of benzene rings is 1. The molecule has 0 aliphatic heterocycles. The Bertz CT molecular complexity index is 570. The van der Waals surface area contributed by atoms with E-state index in [0.29, 0.717) is 6.42 Å². The van der Waals surface area contributed by atoms with Crippen LogP contribution in [-0.4, -0.2) is 25.5 Å². The van der Waals surface area contributed by atoms with Crippen molar-refractivity contribution in [3.05, 3.63) is 47.5 Å². The van der Waals surface area contributed by atoms with Gasteiger partial charge in [0.05, 0.1) is 11.6 Å². The number of hydrogen-bond acceptors (Lipinski definition) is 3. The molecule has 2 aromatic rings. The van der Waals surface area contributed by atoms with Crippen LogP contribution < -0.4 is 0 Å². The van der Waals surface area contributed by atoms with Crippen LogP contribution >= 0.6 is 11.6 Å². The van der Waals surface area contributed by atoms with E-state index in [2.05, 4.69) is 10.1 Å². The van der Waals surface area contributed by atoms with Gasteiger partial charge in [0.2, 0.25) is 0 Å². The van der Waals surface area contributed by atoms with Crippen molar-refractivity contribution in [2.24, 2.45) is 0 Å². The van der Waals surface area contributed by atoms with E-state index >= 15 is 0 Å². The van der Waals surface area contributed by atoms with Crippen molar-refractivity contribution in [3.63, 3.8) is 0 Å². The summed E-state index contributed by atoms with van der Waals surface area (Å²) in [6.07, 6.45) is 8.93. The van der Waals surface area contributed by atoms with E-state index in [1.165, 1.54) is 6.33 Å². The van der Waals surface area contributed by atoms with Crippen molar-refractivity contribution < 1.29 is 5.11 Å². The Morgan fingerprint density at radius 2 is 2.05 bits per heavy atom. The zero-order valence-corrected chi connectivity index (χ0v) is 12.7. The second-order valence-corrected chi connectivity index (χ2v) is 6.33. The van der Waals surface area contributed by atoms with Gasteiger partial charge >= 0.3 is 0 Å². The molecule has 1 aromatic carbocycles. The molecule has 5 heteroatoms. The minimum atomic E-state index is -0.780. The van der Waals surface area contributed by atoms with Crippen molar-refractivity contribution >= 4 is 11.6 Å². The first-order chi connectivity index (χ1) is 10.2. The lowest BCUT2D eigenvalue weighted by Gasteiger charge is -2.35. The van der Waals surface area contributed by atoms with Crippen LogP contribution in [0.5, 0.6) is 0 Å². The highest BCUT2D eigenvalue weighted by atomic mass is 35.5. The first kappa shape index (κ1) is 14.5. The summed E-state index contributed by atoms with van der Waals surface area (Å²) in [7, 11) is 0. The van der Waals surface area contributed by atoms with Crippen LogP contribution in [0.1, 0.15) is 43.7 Å². The normalized spacial score (nSPS) is 26.5. The second kappa shape index (κ2) is 6.16. The molecule has 1 heterocycles. The molecule has 0 bridgehead atoms. The molecule has 1 aliphatic carbocycles. The van der Waals surface area contributed by atoms with Crippen molar-refractivity contribution in [2.45, 2.75) is 50.2 Å². The van der Waals surface area contributed by atoms with Crippen LogP contribution in [0.4, 0.5) is 0 Å². The van der Waals surface area contributed by atoms with Gasteiger partial charge in [0.25, 0.3) is 0 Å². The summed E-state index contributed by atoms with van der Waals surface area (Å²) in [5, 5.41) is 16.3. The lowest BCUT2D eigenvalue weighted by molar-refractivity contribution is -0.0227. The van der Waals surface area contributed by atoms with E-state index in [0.717, 1.165) is 42.7 Å². The molecule has 4 nitrogen and oxygen atoms in total. The lowest BCUT2D eigenvalue weighted by atomic mass is 9.83. The van der Waals surface area contributed by atoms with Gasteiger partial charge in [-0.2, -0.15) is 5.10 Å².